The quantitative estimate of drug-likeness (QED) is 0.744. The summed E-state index contributed by atoms with van der Waals surface area (Å²) in [4.78, 5) is 0. The zero-order valence-electron chi connectivity index (χ0n) is 12.7. The smallest absolute Gasteiger partial charge is 0.0716 e. The third-order valence-electron chi connectivity index (χ3n) is 3.32. The highest BCUT2D eigenvalue weighted by atomic mass is 16.5. The van der Waals surface area contributed by atoms with Crippen molar-refractivity contribution in [3.63, 3.8) is 0 Å². The molecule has 1 aromatic rings. The average molecular weight is 265 g/mol. The topological polar surface area (TPSA) is 30.5 Å². The second-order valence-corrected chi connectivity index (χ2v) is 5.71. The minimum absolute atomic E-state index is 0.256. The Hall–Kier alpha value is -0.900. The highest BCUT2D eigenvalue weighted by Gasteiger charge is 2.16. The van der Waals surface area contributed by atoms with Gasteiger partial charge in [-0.05, 0) is 23.0 Å². The molecule has 0 aliphatic rings. The first-order valence-corrected chi connectivity index (χ1v) is 6.84. The minimum atomic E-state index is 0.256. The van der Waals surface area contributed by atoms with E-state index < -0.39 is 0 Å². The standard InChI is InChI=1S/C16H27NO2/c1-16(2,9-10-18-3)13-17-11-14-7-5-6-8-15(14)12-19-4/h5-8,17H,9-13H2,1-4H3. The fraction of sp³-hybridized carbons (Fsp3) is 0.625. The highest BCUT2D eigenvalue weighted by molar-refractivity contribution is 5.26. The molecular weight excluding hydrogens is 238 g/mol. The summed E-state index contributed by atoms with van der Waals surface area (Å²) in [6.45, 7) is 7.88. The molecule has 0 radical (unpaired) electrons. The number of benzene rings is 1. The van der Waals surface area contributed by atoms with Crippen LogP contribution in [0.3, 0.4) is 0 Å². The zero-order valence-corrected chi connectivity index (χ0v) is 12.7. The van der Waals surface area contributed by atoms with Crippen molar-refractivity contribution in [2.24, 2.45) is 5.41 Å². The zero-order chi connectivity index (χ0) is 14.1. The Kier molecular flexibility index (Phi) is 7.06. The van der Waals surface area contributed by atoms with Crippen LogP contribution in [0.1, 0.15) is 31.4 Å². The molecule has 0 fully saturated rings. The summed E-state index contributed by atoms with van der Waals surface area (Å²) in [6.07, 6.45) is 1.07. The van der Waals surface area contributed by atoms with Gasteiger partial charge in [-0.1, -0.05) is 38.1 Å². The first-order chi connectivity index (χ1) is 9.09. The lowest BCUT2D eigenvalue weighted by Gasteiger charge is -2.25. The van der Waals surface area contributed by atoms with Crippen LogP contribution in [0.25, 0.3) is 0 Å². The van der Waals surface area contributed by atoms with Gasteiger partial charge in [-0.2, -0.15) is 0 Å². The lowest BCUT2D eigenvalue weighted by Crippen LogP contribution is -2.30. The molecule has 0 saturated carbocycles. The molecule has 0 unspecified atom stereocenters. The van der Waals surface area contributed by atoms with Gasteiger partial charge in [-0.25, -0.2) is 0 Å². The van der Waals surface area contributed by atoms with E-state index in [9.17, 15) is 0 Å². The first kappa shape index (κ1) is 16.2. The average Bonchev–Trinajstić information content (AvgIpc) is 2.39. The van der Waals surface area contributed by atoms with Gasteiger partial charge in [0.15, 0.2) is 0 Å². The molecular formula is C16H27NO2. The van der Waals surface area contributed by atoms with Crippen molar-refractivity contribution in [3.05, 3.63) is 35.4 Å². The van der Waals surface area contributed by atoms with Crippen LogP contribution in [0.15, 0.2) is 24.3 Å². The molecule has 108 valence electrons. The van der Waals surface area contributed by atoms with Crippen LogP contribution in [0.4, 0.5) is 0 Å². The molecule has 0 atom stereocenters. The molecule has 1 N–H and O–H groups in total. The van der Waals surface area contributed by atoms with Crippen LogP contribution >= 0.6 is 0 Å². The molecule has 0 aliphatic carbocycles. The monoisotopic (exact) mass is 265 g/mol. The maximum absolute atomic E-state index is 5.22. The van der Waals surface area contributed by atoms with Crippen LogP contribution in [-0.4, -0.2) is 27.4 Å². The van der Waals surface area contributed by atoms with Crippen LogP contribution < -0.4 is 5.32 Å². The summed E-state index contributed by atoms with van der Waals surface area (Å²) in [6, 6.07) is 8.41. The van der Waals surface area contributed by atoms with E-state index in [0.29, 0.717) is 6.61 Å². The Morgan fingerprint density at radius 1 is 1.05 bits per heavy atom. The van der Waals surface area contributed by atoms with Crippen LogP contribution in [0, 0.1) is 5.41 Å². The Bertz CT molecular complexity index is 364. The van der Waals surface area contributed by atoms with E-state index in [1.807, 2.05) is 0 Å². The van der Waals surface area contributed by atoms with Crippen molar-refractivity contribution in [3.8, 4) is 0 Å². The molecule has 3 nitrogen and oxygen atoms in total. The Morgan fingerprint density at radius 2 is 1.74 bits per heavy atom. The molecule has 3 heteroatoms. The second-order valence-electron chi connectivity index (χ2n) is 5.71. The molecule has 0 heterocycles. The number of nitrogens with one attached hydrogen (secondary N) is 1. The number of hydrogen-bond donors (Lipinski definition) is 1. The predicted molar refractivity (Wildman–Crippen MR) is 79.1 cm³/mol. The Labute approximate surface area is 117 Å². The van der Waals surface area contributed by atoms with E-state index in [0.717, 1.165) is 26.1 Å². The van der Waals surface area contributed by atoms with Crippen molar-refractivity contribution >= 4 is 0 Å². The minimum Gasteiger partial charge on any atom is -0.385 e. The van der Waals surface area contributed by atoms with Gasteiger partial charge in [0.25, 0.3) is 0 Å². The van der Waals surface area contributed by atoms with Gasteiger partial charge in [-0.15, -0.1) is 0 Å². The maximum atomic E-state index is 5.22. The third-order valence-corrected chi connectivity index (χ3v) is 3.32. The van der Waals surface area contributed by atoms with E-state index in [4.69, 9.17) is 9.47 Å². The Morgan fingerprint density at radius 3 is 2.37 bits per heavy atom. The number of methoxy groups -OCH3 is 2. The number of ether oxygens (including phenoxy) is 2. The molecule has 0 aliphatic heterocycles. The summed E-state index contributed by atoms with van der Waals surface area (Å²) in [5.41, 5.74) is 2.82. The van der Waals surface area contributed by atoms with Crippen LogP contribution in [-0.2, 0) is 22.6 Å². The molecule has 0 aromatic heterocycles. The van der Waals surface area contributed by atoms with E-state index in [1.54, 1.807) is 14.2 Å². The SMILES string of the molecule is COCCC(C)(C)CNCc1ccccc1COC. The van der Waals surface area contributed by atoms with Crippen molar-refractivity contribution in [2.75, 3.05) is 27.4 Å². The molecule has 1 aromatic carbocycles. The fourth-order valence-corrected chi connectivity index (χ4v) is 2.03. The number of hydrogen-bond acceptors (Lipinski definition) is 3. The van der Waals surface area contributed by atoms with Gasteiger partial charge < -0.3 is 14.8 Å². The fourth-order valence-electron chi connectivity index (χ4n) is 2.03. The third kappa shape index (κ3) is 6.19. The van der Waals surface area contributed by atoms with Crippen molar-refractivity contribution < 1.29 is 9.47 Å². The summed E-state index contributed by atoms with van der Waals surface area (Å²) in [5, 5.41) is 3.54. The normalized spacial score (nSPS) is 11.8. The van der Waals surface area contributed by atoms with Gasteiger partial charge in [-0.3, -0.25) is 0 Å². The molecule has 19 heavy (non-hydrogen) atoms. The van der Waals surface area contributed by atoms with Crippen LogP contribution in [0.5, 0.6) is 0 Å². The van der Waals surface area contributed by atoms with Gasteiger partial charge >= 0.3 is 0 Å². The van der Waals surface area contributed by atoms with Crippen molar-refractivity contribution in [1.29, 1.82) is 0 Å². The van der Waals surface area contributed by atoms with Crippen LogP contribution in [0.2, 0.25) is 0 Å². The summed E-state index contributed by atoms with van der Waals surface area (Å²) < 4.78 is 10.4. The first-order valence-electron chi connectivity index (χ1n) is 6.84. The molecule has 0 bridgehead atoms. The van der Waals surface area contributed by atoms with E-state index in [2.05, 4.69) is 43.4 Å². The molecule has 0 saturated heterocycles. The molecule has 1 rings (SSSR count). The molecule has 0 amide bonds. The van der Waals surface area contributed by atoms with Gasteiger partial charge in [0.05, 0.1) is 6.61 Å². The maximum Gasteiger partial charge on any atom is 0.0716 e. The van der Waals surface area contributed by atoms with Gasteiger partial charge in [0, 0.05) is 33.9 Å². The predicted octanol–water partition coefficient (Wildman–Crippen LogP) is 2.99. The van der Waals surface area contributed by atoms with Gasteiger partial charge in [0.2, 0.25) is 0 Å². The number of rotatable bonds is 9. The summed E-state index contributed by atoms with van der Waals surface area (Å²) in [5.74, 6) is 0. The largest absolute Gasteiger partial charge is 0.385 e. The Balaban J connectivity index is 2.44. The van der Waals surface area contributed by atoms with Gasteiger partial charge in [0.1, 0.15) is 0 Å². The van der Waals surface area contributed by atoms with E-state index >= 15 is 0 Å². The van der Waals surface area contributed by atoms with E-state index in [1.165, 1.54) is 11.1 Å². The van der Waals surface area contributed by atoms with Crippen molar-refractivity contribution in [1.82, 2.24) is 5.32 Å². The summed E-state index contributed by atoms with van der Waals surface area (Å²) in [7, 11) is 3.49. The van der Waals surface area contributed by atoms with Crippen molar-refractivity contribution in [2.45, 2.75) is 33.4 Å². The highest BCUT2D eigenvalue weighted by Crippen LogP contribution is 2.19. The lowest BCUT2D eigenvalue weighted by atomic mass is 9.89. The summed E-state index contributed by atoms with van der Waals surface area (Å²) >= 11 is 0. The molecule has 0 spiro atoms. The second kappa shape index (κ2) is 8.31. The van der Waals surface area contributed by atoms with E-state index in [-0.39, 0.29) is 5.41 Å². The lowest BCUT2D eigenvalue weighted by molar-refractivity contribution is 0.150.